The van der Waals surface area contributed by atoms with Crippen LogP contribution < -0.4 is 16.4 Å². The van der Waals surface area contributed by atoms with Gasteiger partial charge in [0.2, 0.25) is 0 Å². The van der Waals surface area contributed by atoms with Crippen molar-refractivity contribution in [3.05, 3.63) is 29.8 Å². The first kappa shape index (κ1) is 16.5. The fourth-order valence-electron chi connectivity index (χ4n) is 1.68. The number of primary amides is 1. The quantitative estimate of drug-likeness (QED) is 0.747. The van der Waals surface area contributed by atoms with Gasteiger partial charge in [-0.3, -0.25) is 0 Å². The highest BCUT2D eigenvalue weighted by molar-refractivity contribution is 5.87. The van der Waals surface area contributed by atoms with E-state index in [0.29, 0.717) is 5.69 Å². The van der Waals surface area contributed by atoms with Crippen LogP contribution in [0, 0.1) is 0 Å². The number of rotatable bonds is 6. The molecule has 0 fully saturated rings. The summed E-state index contributed by atoms with van der Waals surface area (Å²) in [6.07, 6.45) is 0. The molecule has 0 spiro atoms. The number of amides is 2. The molecular formula is C15H26N4O. The topological polar surface area (TPSA) is 70.4 Å². The maximum Gasteiger partial charge on any atom is 0.316 e. The van der Waals surface area contributed by atoms with E-state index >= 15 is 0 Å². The number of hydrogen-bond donors (Lipinski definition) is 3. The number of nitrogens with two attached hydrogens (primary N) is 1. The third-order valence-electron chi connectivity index (χ3n) is 3.73. The van der Waals surface area contributed by atoms with Crippen LogP contribution in [0.4, 0.5) is 10.5 Å². The number of carbonyl (C=O) groups is 1. The van der Waals surface area contributed by atoms with Gasteiger partial charge in [-0.25, -0.2) is 4.79 Å². The number of carbonyl (C=O) groups excluding carboxylic acids is 1. The van der Waals surface area contributed by atoms with Gasteiger partial charge < -0.3 is 21.3 Å². The fraction of sp³-hybridized carbons (Fsp3) is 0.533. The van der Waals surface area contributed by atoms with Crippen LogP contribution in [-0.4, -0.2) is 37.1 Å². The molecule has 1 aromatic carbocycles. The second kappa shape index (κ2) is 6.72. The van der Waals surface area contributed by atoms with Crippen LogP contribution in [0.25, 0.3) is 0 Å². The summed E-state index contributed by atoms with van der Waals surface area (Å²) in [5.74, 6) is 0. The molecule has 0 saturated carbocycles. The third kappa shape index (κ3) is 4.83. The van der Waals surface area contributed by atoms with Gasteiger partial charge >= 0.3 is 6.03 Å². The SMILES string of the molecule is CC(NCC(C)(C)N(C)C)c1ccc(NC(N)=O)cc1. The maximum absolute atomic E-state index is 10.8. The molecule has 0 aliphatic heterocycles. The van der Waals surface area contributed by atoms with Crippen LogP contribution in [0.5, 0.6) is 0 Å². The summed E-state index contributed by atoms with van der Waals surface area (Å²) in [7, 11) is 4.16. The highest BCUT2D eigenvalue weighted by Crippen LogP contribution is 2.17. The Kier molecular flexibility index (Phi) is 5.53. The van der Waals surface area contributed by atoms with E-state index in [0.717, 1.165) is 6.54 Å². The van der Waals surface area contributed by atoms with Gasteiger partial charge in [0.1, 0.15) is 0 Å². The molecule has 5 nitrogen and oxygen atoms in total. The van der Waals surface area contributed by atoms with E-state index in [1.54, 1.807) is 0 Å². The lowest BCUT2D eigenvalue weighted by molar-refractivity contribution is 0.185. The molecule has 0 heterocycles. The largest absolute Gasteiger partial charge is 0.351 e. The van der Waals surface area contributed by atoms with E-state index in [1.807, 2.05) is 24.3 Å². The van der Waals surface area contributed by atoms with Crippen molar-refractivity contribution in [2.45, 2.75) is 32.4 Å². The van der Waals surface area contributed by atoms with Crippen LogP contribution in [0.1, 0.15) is 32.4 Å². The van der Waals surface area contributed by atoms with E-state index < -0.39 is 6.03 Å². The molecule has 0 aliphatic carbocycles. The maximum atomic E-state index is 10.8. The Balaban J connectivity index is 2.60. The molecule has 1 aromatic rings. The predicted molar refractivity (Wildman–Crippen MR) is 83.8 cm³/mol. The van der Waals surface area contributed by atoms with Crippen molar-refractivity contribution in [1.29, 1.82) is 0 Å². The molecule has 5 heteroatoms. The Morgan fingerprint density at radius 1 is 1.30 bits per heavy atom. The van der Waals surface area contributed by atoms with Gasteiger partial charge in [0.15, 0.2) is 0 Å². The van der Waals surface area contributed by atoms with Gasteiger partial charge in [-0.1, -0.05) is 12.1 Å². The van der Waals surface area contributed by atoms with Gasteiger partial charge in [0, 0.05) is 23.8 Å². The highest BCUT2D eigenvalue weighted by Gasteiger charge is 2.20. The smallest absolute Gasteiger partial charge is 0.316 e. The standard InChI is InChI=1S/C15H26N4O/c1-11(17-10-15(2,3)19(4)5)12-6-8-13(9-7-12)18-14(16)20/h6-9,11,17H,10H2,1-5H3,(H3,16,18,20). The molecular weight excluding hydrogens is 252 g/mol. The lowest BCUT2D eigenvalue weighted by Crippen LogP contribution is -2.47. The zero-order valence-electron chi connectivity index (χ0n) is 13.0. The van der Waals surface area contributed by atoms with Crippen molar-refractivity contribution >= 4 is 11.7 Å². The summed E-state index contributed by atoms with van der Waals surface area (Å²) in [5, 5.41) is 6.08. The molecule has 0 saturated heterocycles. The summed E-state index contributed by atoms with van der Waals surface area (Å²) < 4.78 is 0. The molecule has 0 radical (unpaired) electrons. The van der Waals surface area contributed by atoms with E-state index in [-0.39, 0.29) is 11.6 Å². The summed E-state index contributed by atoms with van der Waals surface area (Å²) in [6, 6.07) is 7.40. The number of nitrogens with zero attached hydrogens (tertiary/aromatic N) is 1. The first-order chi connectivity index (χ1) is 9.22. The van der Waals surface area contributed by atoms with E-state index in [4.69, 9.17) is 5.73 Å². The monoisotopic (exact) mass is 278 g/mol. The molecule has 0 bridgehead atoms. The molecule has 112 valence electrons. The van der Waals surface area contributed by atoms with E-state index in [9.17, 15) is 4.79 Å². The van der Waals surface area contributed by atoms with Gasteiger partial charge in [-0.2, -0.15) is 0 Å². The highest BCUT2D eigenvalue weighted by atomic mass is 16.2. The Labute approximate surface area is 121 Å². The first-order valence-corrected chi connectivity index (χ1v) is 6.79. The molecule has 20 heavy (non-hydrogen) atoms. The summed E-state index contributed by atoms with van der Waals surface area (Å²) in [4.78, 5) is 13.0. The number of hydrogen-bond acceptors (Lipinski definition) is 3. The van der Waals surface area contributed by atoms with Crippen LogP contribution in [-0.2, 0) is 0 Å². The lowest BCUT2D eigenvalue weighted by Gasteiger charge is -2.34. The number of urea groups is 1. The minimum atomic E-state index is -0.545. The number of likely N-dealkylation sites (N-methyl/N-ethyl adjacent to an activating group) is 1. The Morgan fingerprint density at radius 2 is 1.85 bits per heavy atom. The summed E-state index contributed by atoms with van der Waals surface area (Å²) >= 11 is 0. The summed E-state index contributed by atoms with van der Waals surface area (Å²) in [6.45, 7) is 7.42. The van der Waals surface area contributed by atoms with Crippen molar-refractivity contribution < 1.29 is 4.79 Å². The van der Waals surface area contributed by atoms with Crippen molar-refractivity contribution in [3.8, 4) is 0 Å². The number of nitrogens with one attached hydrogen (secondary N) is 2. The van der Waals surface area contributed by atoms with Crippen LogP contribution in [0.2, 0.25) is 0 Å². The average molecular weight is 278 g/mol. The molecule has 1 atom stereocenters. The lowest BCUT2D eigenvalue weighted by atomic mass is 10.0. The van der Waals surface area contributed by atoms with Crippen molar-refractivity contribution in [3.63, 3.8) is 0 Å². The van der Waals surface area contributed by atoms with Crippen LogP contribution in [0.3, 0.4) is 0 Å². The second-order valence-electron chi connectivity index (χ2n) is 5.92. The van der Waals surface area contributed by atoms with E-state index in [1.165, 1.54) is 5.56 Å². The van der Waals surface area contributed by atoms with Gasteiger partial charge in [-0.05, 0) is 52.6 Å². The number of benzene rings is 1. The normalized spacial score (nSPS) is 13.3. The van der Waals surface area contributed by atoms with Crippen LogP contribution >= 0.6 is 0 Å². The zero-order valence-corrected chi connectivity index (χ0v) is 13.0. The van der Waals surface area contributed by atoms with Gasteiger partial charge in [-0.15, -0.1) is 0 Å². The first-order valence-electron chi connectivity index (χ1n) is 6.79. The second-order valence-corrected chi connectivity index (χ2v) is 5.92. The minimum absolute atomic E-state index is 0.0989. The molecule has 0 aliphatic rings. The molecule has 2 amide bonds. The number of anilines is 1. The zero-order chi connectivity index (χ0) is 15.3. The fourth-order valence-corrected chi connectivity index (χ4v) is 1.68. The molecule has 4 N–H and O–H groups in total. The van der Waals surface area contributed by atoms with E-state index in [2.05, 4.69) is 50.4 Å². The average Bonchev–Trinajstić information content (AvgIpc) is 2.36. The molecule has 1 unspecified atom stereocenters. The third-order valence-corrected chi connectivity index (χ3v) is 3.73. The molecule has 0 aromatic heterocycles. The Bertz CT molecular complexity index is 440. The molecule has 1 rings (SSSR count). The Morgan fingerprint density at radius 3 is 2.30 bits per heavy atom. The summed E-state index contributed by atoms with van der Waals surface area (Å²) in [5.41, 5.74) is 7.06. The van der Waals surface area contributed by atoms with Gasteiger partial charge in [0.05, 0.1) is 0 Å². The van der Waals surface area contributed by atoms with Crippen molar-refractivity contribution in [1.82, 2.24) is 10.2 Å². The predicted octanol–water partition coefficient (Wildman–Crippen LogP) is 2.17. The minimum Gasteiger partial charge on any atom is -0.351 e. The van der Waals surface area contributed by atoms with Crippen molar-refractivity contribution in [2.24, 2.45) is 5.73 Å². The van der Waals surface area contributed by atoms with Crippen LogP contribution in [0.15, 0.2) is 24.3 Å². The Hall–Kier alpha value is -1.59. The van der Waals surface area contributed by atoms with Crippen molar-refractivity contribution in [2.75, 3.05) is 26.0 Å². The van der Waals surface area contributed by atoms with Gasteiger partial charge in [0.25, 0.3) is 0 Å².